The molecule has 5 heteroatoms. The van der Waals surface area contributed by atoms with Crippen LogP contribution in [0.3, 0.4) is 0 Å². The fourth-order valence-electron chi connectivity index (χ4n) is 1.42. The number of rotatable bonds is 4. The summed E-state index contributed by atoms with van der Waals surface area (Å²) in [5.41, 5.74) is 0.522. The van der Waals surface area contributed by atoms with E-state index in [2.05, 4.69) is 0 Å². The van der Waals surface area contributed by atoms with Crippen molar-refractivity contribution in [1.29, 1.82) is 0 Å². The maximum atomic E-state index is 10.6. The number of hydrogen-bond acceptors (Lipinski definition) is 3. The molecule has 82 valence electrons. The predicted molar refractivity (Wildman–Crippen MR) is 54.6 cm³/mol. The molecule has 0 saturated carbocycles. The molecule has 5 nitrogen and oxygen atoms in total. The third-order valence-electron chi connectivity index (χ3n) is 2.18. The first-order valence-electron chi connectivity index (χ1n) is 4.63. The van der Waals surface area contributed by atoms with Crippen LogP contribution in [0, 0.1) is 0 Å². The molecule has 0 radical (unpaired) electrons. The molecule has 0 unspecified atom stereocenters. The van der Waals surface area contributed by atoms with Crippen LogP contribution in [0.1, 0.15) is 26.8 Å². The average Bonchev–Trinajstić information content (AvgIpc) is 2.87. The lowest BCUT2D eigenvalue weighted by molar-refractivity contribution is 0.0660. The minimum absolute atomic E-state index is 0.102. The summed E-state index contributed by atoms with van der Waals surface area (Å²) in [6, 6.07) is 6.39. The van der Waals surface area contributed by atoms with E-state index in [1.165, 1.54) is 6.07 Å². The van der Waals surface area contributed by atoms with E-state index in [0.717, 1.165) is 6.29 Å². The lowest BCUT2D eigenvalue weighted by atomic mass is 10.4. The van der Waals surface area contributed by atoms with Gasteiger partial charge in [-0.1, -0.05) is 0 Å². The van der Waals surface area contributed by atoms with Gasteiger partial charge >= 0.3 is 5.97 Å². The number of carbonyl (C=O) groups is 2. The number of hydrogen-bond donors (Lipinski definition) is 1. The minimum atomic E-state index is -1.10. The van der Waals surface area contributed by atoms with E-state index in [1.807, 2.05) is 0 Å². The Morgan fingerprint density at radius 3 is 2.88 bits per heavy atom. The summed E-state index contributed by atoms with van der Waals surface area (Å²) in [4.78, 5) is 21.2. The molecule has 0 aliphatic carbocycles. The Hall–Kier alpha value is -2.30. The van der Waals surface area contributed by atoms with E-state index in [-0.39, 0.29) is 5.76 Å². The maximum Gasteiger partial charge on any atom is 0.371 e. The summed E-state index contributed by atoms with van der Waals surface area (Å²) in [7, 11) is 0. The molecular formula is C11H9NO4. The molecule has 2 aromatic heterocycles. The largest absolute Gasteiger partial charge is 0.475 e. The van der Waals surface area contributed by atoms with Crippen molar-refractivity contribution in [2.45, 2.75) is 6.54 Å². The van der Waals surface area contributed by atoms with Crippen molar-refractivity contribution >= 4 is 12.3 Å². The van der Waals surface area contributed by atoms with Crippen molar-refractivity contribution in [2.24, 2.45) is 0 Å². The van der Waals surface area contributed by atoms with Gasteiger partial charge in [0.25, 0.3) is 0 Å². The maximum absolute atomic E-state index is 10.6. The smallest absolute Gasteiger partial charge is 0.371 e. The van der Waals surface area contributed by atoms with E-state index >= 15 is 0 Å². The fraction of sp³-hybridized carbons (Fsp3) is 0.0909. The zero-order valence-electron chi connectivity index (χ0n) is 8.29. The number of carbonyl (C=O) groups excluding carboxylic acids is 1. The second kappa shape index (κ2) is 4.06. The summed E-state index contributed by atoms with van der Waals surface area (Å²) < 4.78 is 6.76. The highest BCUT2D eigenvalue weighted by molar-refractivity contribution is 5.84. The normalized spacial score (nSPS) is 10.2. The molecule has 2 aromatic rings. The zero-order valence-corrected chi connectivity index (χ0v) is 8.29. The lowest BCUT2D eigenvalue weighted by Crippen LogP contribution is -2.01. The fourth-order valence-corrected chi connectivity index (χ4v) is 1.42. The Labute approximate surface area is 90.9 Å². The average molecular weight is 219 g/mol. The molecule has 0 spiro atoms. The molecule has 0 atom stereocenters. The number of aldehydes is 1. The monoisotopic (exact) mass is 219 g/mol. The number of carboxylic acids is 1. The van der Waals surface area contributed by atoms with Gasteiger partial charge in [-0.05, 0) is 24.3 Å². The molecule has 16 heavy (non-hydrogen) atoms. The molecule has 0 amide bonds. The highest BCUT2D eigenvalue weighted by atomic mass is 16.4. The Bertz CT molecular complexity index is 524. The van der Waals surface area contributed by atoms with Crippen molar-refractivity contribution in [3.05, 3.63) is 47.7 Å². The molecule has 0 saturated heterocycles. The molecule has 0 aliphatic rings. The molecule has 0 aliphatic heterocycles. The van der Waals surface area contributed by atoms with Crippen LogP contribution in [0.5, 0.6) is 0 Å². The Morgan fingerprint density at radius 2 is 2.25 bits per heavy atom. The molecule has 0 fully saturated rings. The predicted octanol–water partition coefficient (Wildman–Crippen LogP) is 1.64. The van der Waals surface area contributed by atoms with Crippen LogP contribution < -0.4 is 0 Å². The van der Waals surface area contributed by atoms with E-state index in [9.17, 15) is 9.59 Å². The third-order valence-corrected chi connectivity index (χ3v) is 2.18. The standard InChI is InChI=1S/C11H9NO4/c13-7-8-2-1-5-12(8)6-9-3-4-10(16-9)11(14)15/h1-5,7H,6H2,(H,14,15). The van der Waals surface area contributed by atoms with Crippen LogP contribution in [0.15, 0.2) is 34.9 Å². The van der Waals surface area contributed by atoms with Crippen molar-refractivity contribution in [2.75, 3.05) is 0 Å². The SMILES string of the molecule is O=Cc1cccn1Cc1ccc(C(=O)O)o1. The van der Waals surface area contributed by atoms with Crippen LogP contribution in [0.25, 0.3) is 0 Å². The molecule has 1 N–H and O–H groups in total. The molecule has 2 heterocycles. The first kappa shape index (κ1) is 10.2. The van der Waals surface area contributed by atoms with Gasteiger partial charge in [0.1, 0.15) is 5.76 Å². The van der Waals surface area contributed by atoms with Gasteiger partial charge in [-0.2, -0.15) is 0 Å². The van der Waals surface area contributed by atoms with Gasteiger partial charge in [0.15, 0.2) is 6.29 Å². The highest BCUT2D eigenvalue weighted by Gasteiger charge is 2.09. The van der Waals surface area contributed by atoms with Gasteiger partial charge in [-0.15, -0.1) is 0 Å². The highest BCUT2D eigenvalue weighted by Crippen LogP contribution is 2.11. The first-order chi connectivity index (χ1) is 7.70. The van der Waals surface area contributed by atoms with Crippen molar-refractivity contribution < 1.29 is 19.1 Å². The summed E-state index contributed by atoms with van der Waals surface area (Å²) in [6.45, 7) is 0.342. The van der Waals surface area contributed by atoms with Gasteiger partial charge in [0.05, 0.1) is 12.2 Å². The number of furan rings is 1. The van der Waals surface area contributed by atoms with Gasteiger partial charge in [-0.25, -0.2) is 4.79 Å². The summed E-state index contributed by atoms with van der Waals surface area (Å²) >= 11 is 0. The van der Waals surface area contributed by atoms with Crippen molar-refractivity contribution in [3.63, 3.8) is 0 Å². The van der Waals surface area contributed by atoms with Gasteiger partial charge < -0.3 is 14.1 Å². The molecule has 0 aromatic carbocycles. The Balaban J connectivity index is 2.20. The second-order valence-electron chi connectivity index (χ2n) is 3.25. The number of carboxylic acid groups (broad SMARTS) is 1. The molecule has 0 bridgehead atoms. The number of aromatic carboxylic acids is 1. The summed E-state index contributed by atoms with van der Waals surface area (Å²) in [5.74, 6) is -0.708. The first-order valence-corrected chi connectivity index (χ1v) is 4.63. The van der Waals surface area contributed by atoms with Gasteiger partial charge in [0, 0.05) is 6.20 Å². The van der Waals surface area contributed by atoms with E-state index in [0.29, 0.717) is 18.0 Å². The van der Waals surface area contributed by atoms with E-state index in [4.69, 9.17) is 9.52 Å². The van der Waals surface area contributed by atoms with Crippen molar-refractivity contribution in [1.82, 2.24) is 4.57 Å². The van der Waals surface area contributed by atoms with Gasteiger partial charge in [-0.3, -0.25) is 4.79 Å². The Kier molecular flexibility index (Phi) is 2.59. The molecular weight excluding hydrogens is 210 g/mol. The van der Waals surface area contributed by atoms with Gasteiger partial charge in [0.2, 0.25) is 5.76 Å². The van der Waals surface area contributed by atoms with Crippen molar-refractivity contribution in [3.8, 4) is 0 Å². The third kappa shape index (κ3) is 1.88. The van der Waals surface area contributed by atoms with Crippen LogP contribution in [-0.4, -0.2) is 21.9 Å². The van der Waals surface area contributed by atoms with E-state index < -0.39 is 5.97 Å². The molecule has 2 rings (SSSR count). The van der Waals surface area contributed by atoms with Crippen LogP contribution >= 0.6 is 0 Å². The van der Waals surface area contributed by atoms with Crippen LogP contribution in [-0.2, 0) is 6.54 Å². The number of aromatic nitrogens is 1. The quantitative estimate of drug-likeness (QED) is 0.793. The minimum Gasteiger partial charge on any atom is -0.475 e. The Morgan fingerprint density at radius 1 is 1.44 bits per heavy atom. The summed E-state index contributed by atoms with van der Waals surface area (Å²) in [5, 5.41) is 8.67. The second-order valence-corrected chi connectivity index (χ2v) is 3.25. The van der Waals surface area contributed by atoms with E-state index in [1.54, 1.807) is 29.0 Å². The lowest BCUT2D eigenvalue weighted by Gasteiger charge is -2.01. The van der Waals surface area contributed by atoms with Crippen LogP contribution in [0.2, 0.25) is 0 Å². The zero-order chi connectivity index (χ0) is 11.5. The number of nitrogens with zero attached hydrogens (tertiary/aromatic N) is 1. The topological polar surface area (TPSA) is 72.4 Å². The summed E-state index contributed by atoms with van der Waals surface area (Å²) in [6.07, 6.45) is 2.47. The van der Waals surface area contributed by atoms with Crippen LogP contribution in [0.4, 0.5) is 0 Å².